The summed E-state index contributed by atoms with van der Waals surface area (Å²) in [5.41, 5.74) is 1.73. The molecule has 2 aliphatic rings. The van der Waals surface area contributed by atoms with Crippen molar-refractivity contribution in [2.24, 2.45) is 17.8 Å². The van der Waals surface area contributed by atoms with Crippen molar-refractivity contribution in [2.75, 3.05) is 19.6 Å². The summed E-state index contributed by atoms with van der Waals surface area (Å²) in [6.07, 6.45) is 2.60. The standard InChI is InChI=1S/C39H55N5O5/c1-26(2)19-31-22-35(45)32(20-27(3)4)40-23-28(5)41-37(47)33(21-29-13-8-6-9-14-29)42-36(46)25-43(24-30-15-10-7-11-16-30)39(49)34-17-12-18-44(34)38(31)48/h6-11,13-16,26-28,31-34,40H,12,17-25H2,1-5H3,(H,41,47)(H,42,46)/t28-,31+,32-,33-,34+/m0/s1. The topological polar surface area (TPSA) is 128 Å². The first kappa shape index (κ1) is 37.8. The van der Waals surface area contributed by atoms with Crippen LogP contribution in [-0.2, 0) is 36.9 Å². The van der Waals surface area contributed by atoms with Gasteiger partial charge < -0.3 is 25.8 Å². The Balaban J connectivity index is 1.70. The number of hydrogen-bond donors (Lipinski definition) is 3. The number of ketones is 1. The van der Waals surface area contributed by atoms with E-state index in [0.717, 1.165) is 11.1 Å². The highest BCUT2D eigenvalue weighted by molar-refractivity contribution is 5.95. The molecule has 2 saturated heterocycles. The van der Waals surface area contributed by atoms with Gasteiger partial charge >= 0.3 is 0 Å². The number of fused-ring (bicyclic) bond motifs is 1. The molecule has 266 valence electrons. The molecule has 2 aliphatic heterocycles. The maximum absolute atomic E-state index is 14.4. The third kappa shape index (κ3) is 11.2. The molecule has 10 nitrogen and oxygen atoms in total. The van der Waals surface area contributed by atoms with Crippen LogP contribution in [0.5, 0.6) is 0 Å². The highest BCUT2D eigenvalue weighted by atomic mass is 16.2. The Morgan fingerprint density at radius 2 is 1.41 bits per heavy atom. The van der Waals surface area contributed by atoms with Gasteiger partial charge in [-0.05, 0) is 55.6 Å². The second-order valence-corrected chi connectivity index (χ2v) is 14.7. The summed E-state index contributed by atoms with van der Waals surface area (Å²) in [5.74, 6) is -1.47. The molecule has 0 unspecified atom stereocenters. The first-order chi connectivity index (χ1) is 23.4. The molecule has 0 spiro atoms. The number of benzene rings is 2. The number of nitrogens with zero attached hydrogens (tertiary/aromatic N) is 2. The van der Waals surface area contributed by atoms with E-state index in [4.69, 9.17) is 0 Å². The van der Waals surface area contributed by atoms with Crippen LogP contribution in [0.1, 0.15) is 77.8 Å². The van der Waals surface area contributed by atoms with E-state index in [2.05, 4.69) is 29.8 Å². The molecular weight excluding hydrogens is 618 g/mol. The number of amides is 4. The van der Waals surface area contributed by atoms with Gasteiger partial charge in [-0.1, -0.05) is 88.4 Å². The SMILES string of the molecule is CC(C)C[C@@H]1CC(=O)[C@H](CC(C)C)NC[C@H](C)NC(=O)[C@H](Cc2ccccc2)NC(=O)CN(Cc2ccccc2)C(=O)[C@H]2CCCN2C1=O. The van der Waals surface area contributed by atoms with Crippen LogP contribution in [0, 0.1) is 17.8 Å². The Bertz CT molecular complexity index is 1420. The molecule has 0 radical (unpaired) electrons. The third-order valence-corrected chi connectivity index (χ3v) is 9.33. The van der Waals surface area contributed by atoms with E-state index in [1.54, 1.807) is 4.90 Å². The molecule has 2 heterocycles. The van der Waals surface area contributed by atoms with Crippen molar-refractivity contribution in [3.05, 3.63) is 71.8 Å². The van der Waals surface area contributed by atoms with Crippen LogP contribution in [0.15, 0.2) is 60.7 Å². The lowest BCUT2D eigenvalue weighted by Gasteiger charge is -2.33. The fourth-order valence-corrected chi connectivity index (χ4v) is 6.96. The quantitative estimate of drug-likeness (QED) is 0.391. The molecule has 10 heteroatoms. The van der Waals surface area contributed by atoms with Crippen LogP contribution in [0.2, 0.25) is 0 Å². The second kappa shape index (κ2) is 18.1. The molecule has 0 bridgehead atoms. The van der Waals surface area contributed by atoms with Gasteiger partial charge in [-0.25, -0.2) is 0 Å². The minimum Gasteiger partial charge on any atom is -0.351 e. The van der Waals surface area contributed by atoms with Crippen LogP contribution < -0.4 is 16.0 Å². The summed E-state index contributed by atoms with van der Waals surface area (Å²) in [5, 5.41) is 9.32. The largest absolute Gasteiger partial charge is 0.351 e. The maximum Gasteiger partial charge on any atom is 0.246 e. The number of carbonyl (C=O) groups is 5. The predicted octanol–water partition coefficient (Wildman–Crippen LogP) is 3.88. The number of nitrogens with one attached hydrogen (secondary N) is 3. The molecule has 2 fully saturated rings. The molecule has 0 aromatic heterocycles. The third-order valence-electron chi connectivity index (χ3n) is 9.33. The highest BCUT2D eigenvalue weighted by Gasteiger charge is 2.41. The molecule has 3 N–H and O–H groups in total. The molecule has 4 rings (SSSR count). The van der Waals surface area contributed by atoms with Crippen LogP contribution in [0.4, 0.5) is 0 Å². The van der Waals surface area contributed by atoms with Crippen molar-refractivity contribution < 1.29 is 24.0 Å². The zero-order chi connectivity index (χ0) is 35.5. The van der Waals surface area contributed by atoms with Crippen molar-refractivity contribution in [3.8, 4) is 0 Å². The average molecular weight is 674 g/mol. The Labute approximate surface area is 291 Å². The first-order valence-corrected chi connectivity index (χ1v) is 17.9. The lowest BCUT2D eigenvalue weighted by atomic mass is 9.87. The molecule has 49 heavy (non-hydrogen) atoms. The predicted molar refractivity (Wildman–Crippen MR) is 190 cm³/mol. The van der Waals surface area contributed by atoms with Gasteiger partial charge in [0.15, 0.2) is 5.78 Å². The van der Waals surface area contributed by atoms with E-state index in [-0.39, 0.29) is 67.3 Å². The summed E-state index contributed by atoms with van der Waals surface area (Å²) in [4.78, 5) is 73.1. The number of rotatable bonds is 8. The summed E-state index contributed by atoms with van der Waals surface area (Å²) < 4.78 is 0. The van der Waals surface area contributed by atoms with Gasteiger partial charge in [0.2, 0.25) is 23.6 Å². The maximum atomic E-state index is 14.4. The van der Waals surface area contributed by atoms with E-state index in [0.29, 0.717) is 38.8 Å². The van der Waals surface area contributed by atoms with Crippen molar-refractivity contribution in [1.82, 2.24) is 25.8 Å². The van der Waals surface area contributed by atoms with Crippen molar-refractivity contribution >= 4 is 29.4 Å². The van der Waals surface area contributed by atoms with Gasteiger partial charge in [-0.3, -0.25) is 24.0 Å². The van der Waals surface area contributed by atoms with Gasteiger partial charge in [0.05, 0.1) is 12.6 Å². The minimum absolute atomic E-state index is 0.0330. The van der Waals surface area contributed by atoms with Crippen LogP contribution in [0.25, 0.3) is 0 Å². The van der Waals surface area contributed by atoms with Crippen molar-refractivity contribution in [1.29, 1.82) is 0 Å². The van der Waals surface area contributed by atoms with E-state index in [9.17, 15) is 24.0 Å². The van der Waals surface area contributed by atoms with Crippen molar-refractivity contribution in [2.45, 2.75) is 104 Å². The van der Waals surface area contributed by atoms with E-state index in [1.165, 1.54) is 4.90 Å². The Kier molecular flexibility index (Phi) is 13.9. The van der Waals surface area contributed by atoms with Crippen LogP contribution in [0.3, 0.4) is 0 Å². The molecule has 5 atom stereocenters. The molecule has 0 saturated carbocycles. The van der Waals surface area contributed by atoms with Gasteiger partial charge in [0.1, 0.15) is 12.1 Å². The molecule has 4 amide bonds. The van der Waals surface area contributed by atoms with Gasteiger partial charge in [-0.2, -0.15) is 0 Å². The second-order valence-electron chi connectivity index (χ2n) is 14.7. The molecule has 0 aliphatic carbocycles. The smallest absolute Gasteiger partial charge is 0.246 e. The Morgan fingerprint density at radius 3 is 2.04 bits per heavy atom. The molecular formula is C39H55N5O5. The molecule has 2 aromatic carbocycles. The lowest BCUT2D eigenvalue weighted by molar-refractivity contribution is -0.148. The highest BCUT2D eigenvalue weighted by Crippen LogP contribution is 2.27. The van der Waals surface area contributed by atoms with Gasteiger partial charge in [-0.15, -0.1) is 0 Å². The first-order valence-electron chi connectivity index (χ1n) is 17.9. The molecule has 2 aromatic rings. The van der Waals surface area contributed by atoms with Crippen molar-refractivity contribution in [3.63, 3.8) is 0 Å². The zero-order valence-corrected chi connectivity index (χ0v) is 29.8. The summed E-state index contributed by atoms with van der Waals surface area (Å²) in [6.45, 7) is 10.7. The number of hydrogen-bond acceptors (Lipinski definition) is 6. The van der Waals surface area contributed by atoms with E-state index in [1.807, 2.05) is 81.4 Å². The summed E-state index contributed by atoms with van der Waals surface area (Å²) in [7, 11) is 0. The fourth-order valence-electron chi connectivity index (χ4n) is 6.96. The average Bonchev–Trinajstić information content (AvgIpc) is 3.55. The van der Waals surface area contributed by atoms with Gasteiger partial charge in [0, 0.05) is 44.4 Å². The minimum atomic E-state index is -0.889. The Morgan fingerprint density at radius 1 is 0.776 bits per heavy atom. The van der Waals surface area contributed by atoms with Gasteiger partial charge in [0.25, 0.3) is 0 Å². The van der Waals surface area contributed by atoms with E-state index >= 15 is 0 Å². The summed E-state index contributed by atoms with van der Waals surface area (Å²) >= 11 is 0. The zero-order valence-electron chi connectivity index (χ0n) is 29.8. The monoisotopic (exact) mass is 673 g/mol. The van der Waals surface area contributed by atoms with E-state index < -0.39 is 30.0 Å². The summed E-state index contributed by atoms with van der Waals surface area (Å²) in [6, 6.07) is 16.4. The normalized spacial score (nSPS) is 25.2. The Hall–Kier alpha value is -4.05. The van der Waals surface area contributed by atoms with Crippen LogP contribution >= 0.6 is 0 Å². The van der Waals surface area contributed by atoms with Crippen LogP contribution in [-0.4, -0.2) is 83.0 Å². The lowest BCUT2D eigenvalue weighted by Crippen LogP contribution is -2.56. The number of Topliss-reactive ketones (excluding diaryl/α,β-unsaturated/α-hetero) is 1. The fraction of sp³-hybridized carbons (Fsp3) is 0.564. The number of carbonyl (C=O) groups excluding carboxylic acids is 5.